The Labute approximate surface area is 154 Å². The van der Waals surface area contributed by atoms with E-state index in [0.29, 0.717) is 0 Å². The molecule has 20 heavy (non-hydrogen) atoms. The number of fused-ring (bicyclic) bond motifs is 1. The summed E-state index contributed by atoms with van der Waals surface area (Å²) in [6.45, 7) is 4.59. The molecule has 1 aliphatic rings. The molecule has 0 fully saturated rings. The van der Waals surface area contributed by atoms with E-state index in [1.165, 1.54) is 16.1 Å². The Morgan fingerprint density at radius 1 is 1.15 bits per heavy atom. The summed E-state index contributed by atoms with van der Waals surface area (Å²) in [7, 11) is 0.0576. The van der Waals surface area contributed by atoms with Crippen molar-refractivity contribution < 1.29 is 51.0 Å². The van der Waals surface area contributed by atoms with Crippen molar-refractivity contribution in [3.05, 3.63) is 60.7 Å². The van der Waals surface area contributed by atoms with E-state index in [1.54, 1.807) is 0 Å². The normalized spacial score (nSPS) is 11.2. The summed E-state index contributed by atoms with van der Waals surface area (Å²) in [6, 6.07) is 13.2. The van der Waals surface area contributed by atoms with Crippen LogP contribution in [0, 0.1) is 6.08 Å². The fourth-order valence-electron chi connectivity index (χ4n) is 1.73. The Balaban J connectivity index is 0. The molecule has 0 aromatic heterocycles. The summed E-state index contributed by atoms with van der Waals surface area (Å²) in [5.74, 6) is 0. The molecule has 0 bridgehead atoms. The standard InChI is InChI=1S/C11H12P.C5H5.2ClH.Zr/c1-12(2)11-7-9-5-3-4-6-10(9)8-11;1-2-4-5-3-1;;;/h3-8H,1-2H3;1-3H,4H2;2*1H;/q2*-1;;;+4/p-2. The van der Waals surface area contributed by atoms with Crippen LogP contribution in [0.25, 0.3) is 10.8 Å². The van der Waals surface area contributed by atoms with E-state index in [9.17, 15) is 0 Å². The number of hydrogen-bond donors (Lipinski definition) is 0. The van der Waals surface area contributed by atoms with Gasteiger partial charge in [0.15, 0.2) is 0 Å². The molecule has 2 aromatic rings. The molecule has 0 nitrogen and oxygen atoms in total. The SMILES string of the molecule is CP(C)c1cc2ccccc2[cH-]1.[C-]1=CC=CC1.[Cl-].[Cl-].[Zr+4]. The van der Waals surface area contributed by atoms with Crippen LogP contribution in [-0.4, -0.2) is 13.3 Å². The maximum absolute atomic E-state index is 2.99. The summed E-state index contributed by atoms with van der Waals surface area (Å²) in [5.41, 5.74) is 0. The van der Waals surface area contributed by atoms with Gasteiger partial charge >= 0.3 is 26.2 Å². The molecule has 0 spiro atoms. The van der Waals surface area contributed by atoms with Gasteiger partial charge in [0.25, 0.3) is 0 Å². The molecule has 0 saturated carbocycles. The van der Waals surface area contributed by atoms with Crippen molar-refractivity contribution in [2.24, 2.45) is 0 Å². The van der Waals surface area contributed by atoms with Crippen molar-refractivity contribution >= 4 is 24.0 Å². The van der Waals surface area contributed by atoms with Crippen molar-refractivity contribution in [1.29, 1.82) is 0 Å². The molecule has 0 amide bonds. The zero-order chi connectivity index (χ0) is 12.1. The molecular formula is C16H17Cl2PZr. The van der Waals surface area contributed by atoms with Gasteiger partial charge in [-0.15, -0.1) is 54.7 Å². The molecule has 0 heterocycles. The van der Waals surface area contributed by atoms with Gasteiger partial charge in [-0.05, 0) is 13.3 Å². The summed E-state index contributed by atoms with van der Waals surface area (Å²) in [4.78, 5) is 0. The van der Waals surface area contributed by atoms with E-state index in [2.05, 4.69) is 61.9 Å². The van der Waals surface area contributed by atoms with E-state index >= 15 is 0 Å². The Morgan fingerprint density at radius 3 is 2.30 bits per heavy atom. The molecule has 0 unspecified atom stereocenters. The first kappa shape index (κ1) is 22.5. The third-order valence-corrected chi connectivity index (χ3v) is 4.00. The summed E-state index contributed by atoms with van der Waals surface area (Å²) in [5, 5.41) is 4.26. The van der Waals surface area contributed by atoms with Gasteiger partial charge in [-0.3, -0.25) is 6.08 Å². The Morgan fingerprint density at radius 2 is 1.85 bits per heavy atom. The van der Waals surface area contributed by atoms with Crippen LogP contribution < -0.4 is 30.1 Å². The molecule has 4 heteroatoms. The largest absolute Gasteiger partial charge is 4.00 e. The summed E-state index contributed by atoms with van der Waals surface area (Å²) in [6.07, 6.45) is 10.0. The van der Waals surface area contributed by atoms with E-state index in [1.807, 2.05) is 12.2 Å². The van der Waals surface area contributed by atoms with Gasteiger partial charge in [-0.25, -0.2) is 12.2 Å². The van der Waals surface area contributed by atoms with E-state index in [-0.39, 0.29) is 58.9 Å². The topological polar surface area (TPSA) is 0 Å². The van der Waals surface area contributed by atoms with E-state index in [0.717, 1.165) is 6.42 Å². The van der Waals surface area contributed by atoms with Crippen molar-refractivity contribution in [3.63, 3.8) is 0 Å². The van der Waals surface area contributed by atoms with Crippen LogP contribution in [0.15, 0.2) is 54.6 Å². The van der Waals surface area contributed by atoms with Crippen molar-refractivity contribution in [2.75, 3.05) is 13.3 Å². The van der Waals surface area contributed by atoms with Crippen LogP contribution in [0.4, 0.5) is 0 Å². The molecule has 1 aliphatic carbocycles. The van der Waals surface area contributed by atoms with Crippen LogP contribution in [0.1, 0.15) is 6.42 Å². The van der Waals surface area contributed by atoms with Gasteiger partial charge in [0.05, 0.1) is 0 Å². The minimum absolute atomic E-state index is 0. The van der Waals surface area contributed by atoms with E-state index < -0.39 is 0 Å². The number of hydrogen-bond acceptors (Lipinski definition) is 0. The predicted octanol–water partition coefficient (Wildman–Crippen LogP) is -1.76. The Kier molecular flexibility index (Phi) is 13.3. The number of halogens is 2. The minimum atomic E-state index is 0. The average molecular weight is 402 g/mol. The molecule has 2 aromatic carbocycles. The molecule has 0 atom stereocenters. The zero-order valence-corrected chi connectivity index (χ0v) is 16.5. The van der Waals surface area contributed by atoms with Gasteiger partial charge in [0.1, 0.15) is 0 Å². The van der Waals surface area contributed by atoms with Crippen LogP contribution in [0.5, 0.6) is 0 Å². The smallest absolute Gasteiger partial charge is 1.00 e. The second kappa shape index (κ2) is 11.8. The third-order valence-electron chi connectivity index (χ3n) is 2.71. The van der Waals surface area contributed by atoms with Crippen molar-refractivity contribution in [1.82, 2.24) is 0 Å². The van der Waals surface area contributed by atoms with Crippen molar-refractivity contribution in [2.45, 2.75) is 6.42 Å². The molecule has 0 aliphatic heterocycles. The van der Waals surface area contributed by atoms with Gasteiger partial charge in [0, 0.05) is 0 Å². The summed E-state index contributed by atoms with van der Waals surface area (Å²) < 4.78 is 0. The van der Waals surface area contributed by atoms with Gasteiger partial charge < -0.3 is 24.8 Å². The monoisotopic (exact) mass is 400 g/mol. The first-order valence-corrected chi connectivity index (χ1v) is 8.05. The first-order chi connectivity index (χ1) is 8.27. The van der Waals surface area contributed by atoms with Crippen LogP contribution >= 0.6 is 7.92 Å². The second-order valence-electron chi connectivity index (χ2n) is 4.24. The molecule has 104 valence electrons. The first-order valence-electron chi connectivity index (χ1n) is 5.82. The number of benzene rings is 1. The van der Waals surface area contributed by atoms with Gasteiger partial charge in [-0.2, -0.15) is 12.1 Å². The fourth-order valence-corrected chi connectivity index (χ4v) is 2.53. The molecular weight excluding hydrogens is 385 g/mol. The Bertz CT molecular complexity index is 501. The van der Waals surface area contributed by atoms with E-state index in [4.69, 9.17) is 0 Å². The number of rotatable bonds is 1. The number of allylic oxidation sites excluding steroid dienone is 4. The van der Waals surface area contributed by atoms with Crippen LogP contribution in [-0.2, 0) is 26.2 Å². The van der Waals surface area contributed by atoms with Crippen LogP contribution in [0.3, 0.4) is 0 Å². The molecule has 0 radical (unpaired) electrons. The van der Waals surface area contributed by atoms with Gasteiger partial charge in [-0.1, -0.05) is 6.07 Å². The fraction of sp³-hybridized carbons (Fsp3) is 0.188. The quantitative estimate of drug-likeness (QED) is 0.392. The maximum atomic E-state index is 2.99. The predicted molar refractivity (Wildman–Crippen MR) is 79.5 cm³/mol. The molecule has 0 saturated heterocycles. The zero-order valence-electron chi connectivity index (χ0n) is 11.6. The Hall–Kier alpha value is 0.203. The van der Waals surface area contributed by atoms with Crippen LogP contribution in [0.2, 0.25) is 0 Å². The third kappa shape index (κ3) is 6.77. The van der Waals surface area contributed by atoms with Gasteiger partial charge in [0.2, 0.25) is 0 Å². The maximum Gasteiger partial charge on any atom is 4.00 e. The second-order valence-corrected chi connectivity index (χ2v) is 6.55. The molecule has 3 rings (SSSR count). The van der Waals surface area contributed by atoms with Crippen molar-refractivity contribution in [3.8, 4) is 0 Å². The average Bonchev–Trinajstić information content (AvgIpc) is 3.01. The summed E-state index contributed by atoms with van der Waals surface area (Å²) >= 11 is 0. The minimum Gasteiger partial charge on any atom is -1.00 e. The molecule has 0 N–H and O–H groups in total.